The van der Waals surface area contributed by atoms with Gasteiger partial charge in [-0.3, -0.25) is 4.79 Å². The molecule has 5 nitrogen and oxygen atoms in total. The molecule has 1 N–H and O–H groups in total. The van der Waals surface area contributed by atoms with Crippen molar-refractivity contribution in [1.29, 1.82) is 0 Å². The van der Waals surface area contributed by atoms with Gasteiger partial charge in [-0.05, 0) is 52.8 Å². The number of aromatic nitrogens is 2. The zero-order valence-corrected chi connectivity index (χ0v) is 17.4. The van der Waals surface area contributed by atoms with Gasteiger partial charge in [0.25, 0.3) is 5.91 Å². The predicted octanol–water partition coefficient (Wildman–Crippen LogP) is 4.67. The standard InChI is InChI=1S/C21H25N3O2S/c1-12-10-19(15(4)24(12)17-8-7-9-18(11-17)26-6)21(25)23-14(3)20-13(2)22-16(5)27-20/h7-11,14H,1-6H3,(H,23,25)/t14-/m1/s1. The highest BCUT2D eigenvalue weighted by molar-refractivity contribution is 7.11. The van der Waals surface area contributed by atoms with Crippen LogP contribution in [0, 0.1) is 27.7 Å². The maximum absolute atomic E-state index is 12.9. The van der Waals surface area contributed by atoms with E-state index < -0.39 is 0 Å². The highest BCUT2D eigenvalue weighted by Gasteiger charge is 2.20. The van der Waals surface area contributed by atoms with Crippen LogP contribution in [-0.4, -0.2) is 22.6 Å². The SMILES string of the molecule is COc1cccc(-n2c(C)cc(C(=O)N[C@H](C)c3sc(C)nc3C)c2C)c1. The molecule has 0 fully saturated rings. The van der Waals surface area contributed by atoms with Crippen LogP contribution in [-0.2, 0) is 0 Å². The lowest BCUT2D eigenvalue weighted by molar-refractivity contribution is 0.0940. The van der Waals surface area contributed by atoms with E-state index in [4.69, 9.17) is 4.74 Å². The molecule has 2 aromatic heterocycles. The summed E-state index contributed by atoms with van der Waals surface area (Å²) in [5.74, 6) is 0.714. The van der Waals surface area contributed by atoms with E-state index in [0.717, 1.165) is 38.4 Å². The number of nitrogens with zero attached hydrogens (tertiary/aromatic N) is 2. The van der Waals surface area contributed by atoms with E-state index in [1.54, 1.807) is 18.4 Å². The van der Waals surface area contributed by atoms with E-state index in [1.807, 2.05) is 65.0 Å². The lowest BCUT2D eigenvalue weighted by atomic mass is 10.2. The number of carbonyl (C=O) groups is 1. The van der Waals surface area contributed by atoms with Gasteiger partial charge in [-0.25, -0.2) is 4.98 Å². The lowest BCUT2D eigenvalue weighted by Gasteiger charge is -2.14. The van der Waals surface area contributed by atoms with E-state index in [9.17, 15) is 4.79 Å². The van der Waals surface area contributed by atoms with Crippen molar-refractivity contribution in [2.24, 2.45) is 0 Å². The summed E-state index contributed by atoms with van der Waals surface area (Å²) in [4.78, 5) is 18.5. The summed E-state index contributed by atoms with van der Waals surface area (Å²) in [6.45, 7) is 9.93. The first kappa shape index (κ1) is 19.2. The summed E-state index contributed by atoms with van der Waals surface area (Å²) in [6, 6.07) is 9.69. The van der Waals surface area contributed by atoms with Crippen LogP contribution in [0.3, 0.4) is 0 Å². The van der Waals surface area contributed by atoms with Gasteiger partial charge in [0.05, 0.1) is 29.4 Å². The number of benzene rings is 1. The van der Waals surface area contributed by atoms with Crippen molar-refractivity contribution < 1.29 is 9.53 Å². The molecular weight excluding hydrogens is 358 g/mol. The molecule has 3 rings (SSSR count). The van der Waals surface area contributed by atoms with Crippen molar-refractivity contribution in [3.05, 3.63) is 62.9 Å². The van der Waals surface area contributed by atoms with Gasteiger partial charge in [0, 0.05) is 28.0 Å². The van der Waals surface area contributed by atoms with Crippen molar-refractivity contribution in [1.82, 2.24) is 14.9 Å². The molecule has 142 valence electrons. The summed E-state index contributed by atoms with van der Waals surface area (Å²) in [7, 11) is 1.65. The van der Waals surface area contributed by atoms with Crippen LogP contribution < -0.4 is 10.1 Å². The molecule has 0 aliphatic heterocycles. The van der Waals surface area contributed by atoms with Gasteiger partial charge < -0.3 is 14.6 Å². The van der Waals surface area contributed by atoms with E-state index >= 15 is 0 Å². The molecule has 0 radical (unpaired) electrons. The lowest BCUT2D eigenvalue weighted by Crippen LogP contribution is -2.27. The minimum atomic E-state index is -0.0800. The number of hydrogen-bond donors (Lipinski definition) is 1. The van der Waals surface area contributed by atoms with E-state index in [0.29, 0.717) is 5.56 Å². The fourth-order valence-electron chi connectivity index (χ4n) is 3.43. The summed E-state index contributed by atoms with van der Waals surface area (Å²) in [5.41, 5.74) is 4.55. The van der Waals surface area contributed by atoms with E-state index in [2.05, 4.69) is 14.9 Å². The normalized spacial score (nSPS) is 12.1. The molecule has 1 atom stereocenters. The van der Waals surface area contributed by atoms with Crippen LogP contribution in [0.15, 0.2) is 30.3 Å². The average molecular weight is 384 g/mol. The first-order valence-electron chi connectivity index (χ1n) is 8.90. The quantitative estimate of drug-likeness (QED) is 0.697. The zero-order chi connectivity index (χ0) is 19.7. The molecule has 27 heavy (non-hydrogen) atoms. The van der Waals surface area contributed by atoms with Crippen molar-refractivity contribution in [3.63, 3.8) is 0 Å². The summed E-state index contributed by atoms with van der Waals surface area (Å²) >= 11 is 1.63. The minimum Gasteiger partial charge on any atom is -0.497 e. The average Bonchev–Trinajstić information content (AvgIpc) is 3.12. The Labute approximate surface area is 164 Å². The van der Waals surface area contributed by atoms with Gasteiger partial charge in [0.2, 0.25) is 0 Å². The first-order valence-corrected chi connectivity index (χ1v) is 9.71. The molecule has 1 amide bonds. The Balaban J connectivity index is 1.89. The number of hydrogen-bond acceptors (Lipinski definition) is 4. The molecular formula is C21H25N3O2S. The van der Waals surface area contributed by atoms with Crippen LogP contribution >= 0.6 is 11.3 Å². The number of ether oxygens (including phenoxy) is 1. The molecule has 1 aromatic carbocycles. The van der Waals surface area contributed by atoms with Crippen molar-refractivity contribution >= 4 is 17.2 Å². The molecule has 0 aliphatic rings. The number of carbonyl (C=O) groups excluding carboxylic acids is 1. The Morgan fingerprint density at radius 1 is 1.22 bits per heavy atom. The fraction of sp³-hybridized carbons (Fsp3) is 0.333. The van der Waals surface area contributed by atoms with Crippen LogP contribution in [0.1, 0.15) is 50.3 Å². The monoisotopic (exact) mass is 383 g/mol. The van der Waals surface area contributed by atoms with Crippen molar-refractivity contribution in [2.75, 3.05) is 7.11 Å². The Morgan fingerprint density at radius 2 is 1.96 bits per heavy atom. The fourth-order valence-corrected chi connectivity index (χ4v) is 4.36. The minimum absolute atomic E-state index is 0.0739. The Kier molecular flexibility index (Phi) is 5.37. The molecule has 6 heteroatoms. The largest absolute Gasteiger partial charge is 0.497 e. The van der Waals surface area contributed by atoms with Crippen LogP contribution in [0.2, 0.25) is 0 Å². The van der Waals surface area contributed by atoms with Gasteiger partial charge in [-0.2, -0.15) is 0 Å². The molecule has 0 saturated heterocycles. The molecule has 2 heterocycles. The molecule has 0 aliphatic carbocycles. The molecule has 3 aromatic rings. The predicted molar refractivity (Wildman–Crippen MR) is 109 cm³/mol. The highest BCUT2D eigenvalue weighted by Crippen LogP contribution is 2.27. The summed E-state index contributed by atoms with van der Waals surface area (Å²) in [6.07, 6.45) is 0. The molecule has 0 unspecified atom stereocenters. The number of rotatable bonds is 5. The number of thiazole rings is 1. The molecule has 0 saturated carbocycles. The van der Waals surface area contributed by atoms with Gasteiger partial charge in [0.15, 0.2) is 0 Å². The number of aryl methyl sites for hydroxylation is 3. The Hall–Kier alpha value is -2.60. The topological polar surface area (TPSA) is 56.1 Å². The smallest absolute Gasteiger partial charge is 0.253 e. The zero-order valence-electron chi connectivity index (χ0n) is 16.6. The van der Waals surface area contributed by atoms with Gasteiger partial charge in [-0.15, -0.1) is 11.3 Å². The number of nitrogens with one attached hydrogen (secondary N) is 1. The third-order valence-electron chi connectivity index (χ3n) is 4.67. The summed E-state index contributed by atoms with van der Waals surface area (Å²) in [5, 5.41) is 4.13. The third kappa shape index (κ3) is 3.76. The molecule has 0 bridgehead atoms. The van der Waals surface area contributed by atoms with Gasteiger partial charge in [0.1, 0.15) is 5.75 Å². The second-order valence-electron chi connectivity index (χ2n) is 6.70. The second-order valence-corrected chi connectivity index (χ2v) is 7.93. The summed E-state index contributed by atoms with van der Waals surface area (Å²) < 4.78 is 7.40. The first-order chi connectivity index (χ1) is 12.8. The maximum atomic E-state index is 12.9. The highest BCUT2D eigenvalue weighted by atomic mass is 32.1. The van der Waals surface area contributed by atoms with Crippen molar-refractivity contribution in [2.45, 2.75) is 40.7 Å². The van der Waals surface area contributed by atoms with Crippen molar-refractivity contribution in [3.8, 4) is 11.4 Å². The van der Waals surface area contributed by atoms with Crippen LogP contribution in [0.5, 0.6) is 5.75 Å². The Bertz CT molecular complexity index is 987. The maximum Gasteiger partial charge on any atom is 0.253 e. The van der Waals surface area contributed by atoms with Gasteiger partial charge in [-0.1, -0.05) is 6.07 Å². The molecule has 0 spiro atoms. The number of methoxy groups -OCH3 is 1. The Morgan fingerprint density at radius 3 is 2.59 bits per heavy atom. The van der Waals surface area contributed by atoms with E-state index in [1.165, 1.54) is 0 Å². The van der Waals surface area contributed by atoms with Crippen LogP contribution in [0.25, 0.3) is 5.69 Å². The van der Waals surface area contributed by atoms with Gasteiger partial charge >= 0.3 is 0 Å². The number of amides is 1. The second kappa shape index (κ2) is 7.56. The third-order valence-corrected chi connectivity index (χ3v) is 5.92. The van der Waals surface area contributed by atoms with E-state index in [-0.39, 0.29) is 11.9 Å². The van der Waals surface area contributed by atoms with Crippen LogP contribution in [0.4, 0.5) is 0 Å².